The maximum atomic E-state index is 12.9. The quantitative estimate of drug-likeness (QED) is 0.755. The van der Waals surface area contributed by atoms with E-state index in [1.165, 1.54) is 11.6 Å². The molecule has 0 saturated heterocycles. The van der Waals surface area contributed by atoms with Gasteiger partial charge in [-0.2, -0.15) is 0 Å². The molecule has 13 heavy (non-hydrogen) atoms. The summed E-state index contributed by atoms with van der Waals surface area (Å²) < 4.78 is 12.9. The Hall–Kier alpha value is -0.890. The van der Waals surface area contributed by atoms with E-state index < -0.39 is 0 Å². The summed E-state index contributed by atoms with van der Waals surface area (Å²) in [6.07, 6.45) is 0. The molecule has 1 aromatic rings. The Kier molecular flexibility index (Phi) is 3.43. The number of aryl methyl sites for hydroxylation is 1. The van der Waals surface area contributed by atoms with Gasteiger partial charge in [0.15, 0.2) is 0 Å². The van der Waals surface area contributed by atoms with Crippen molar-refractivity contribution >= 4 is 0 Å². The molecule has 1 nitrogen and oxygen atoms in total. The molecule has 1 atom stereocenters. The topological polar surface area (TPSA) is 12.0 Å². The lowest BCUT2D eigenvalue weighted by molar-refractivity contribution is 0.614. The first kappa shape index (κ1) is 10.2. The third-order valence-corrected chi connectivity index (χ3v) is 2.26. The largest absolute Gasteiger partial charge is 0.319 e. The summed E-state index contributed by atoms with van der Waals surface area (Å²) in [5.74, 6) is 0.310. The number of halogens is 1. The zero-order valence-corrected chi connectivity index (χ0v) is 8.39. The van der Waals surface area contributed by atoms with Crippen molar-refractivity contribution in [2.45, 2.75) is 19.8 Å². The normalized spacial score (nSPS) is 12.9. The third-order valence-electron chi connectivity index (χ3n) is 2.26. The highest BCUT2D eigenvalue weighted by atomic mass is 19.1. The van der Waals surface area contributed by atoms with Crippen LogP contribution in [0.1, 0.15) is 24.0 Å². The van der Waals surface area contributed by atoms with E-state index in [0.717, 1.165) is 12.1 Å². The molecule has 1 rings (SSSR count). The molecule has 0 fully saturated rings. The lowest BCUT2D eigenvalue weighted by Gasteiger charge is -2.11. The maximum Gasteiger partial charge on any atom is 0.126 e. The fraction of sp³-hybridized carbons (Fsp3) is 0.455. The fourth-order valence-corrected chi connectivity index (χ4v) is 1.40. The van der Waals surface area contributed by atoms with Gasteiger partial charge in [0, 0.05) is 6.54 Å². The molecule has 1 unspecified atom stereocenters. The number of hydrogen-bond donors (Lipinski definition) is 1. The van der Waals surface area contributed by atoms with Crippen LogP contribution in [-0.4, -0.2) is 13.6 Å². The van der Waals surface area contributed by atoms with Crippen molar-refractivity contribution in [3.05, 3.63) is 35.1 Å². The summed E-state index contributed by atoms with van der Waals surface area (Å²) in [7, 11) is 1.92. The SMILES string of the molecule is CNCC(C)c1ccc(F)c(C)c1. The van der Waals surface area contributed by atoms with Gasteiger partial charge in [0.05, 0.1) is 0 Å². The predicted octanol–water partition coefficient (Wildman–Crippen LogP) is 2.46. The van der Waals surface area contributed by atoms with Gasteiger partial charge in [0.1, 0.15) is 5.82 Å². The molecule has 0 amide bonds. The predicted molar refractivity (Wildman–Crippen MR) is 53.5 cm³/mol. The van der Waals surface area contributed by atoms with Crippen molar-refractivity contribution < 1.29 is 4.39 Å². The Morgan fingerprint density at radius 1 is 1.46 bits per heavy atom. The van der Waals surface area contributed by atoms with Crippen molar-refractivity contribution in [2.75, 3.05) is 13.6 Å². The Morgan fingerprint density at radius 2 is 2.15 bits per heavy atom. The molecule has 0 spiro atoms. The van der Waals surface area contributed by atoms with Gasteiger partial charge < -0.3 is 5.32 Å². The van der Waals surface area contributed by atoms with Crippen LogP contribution in [0.2, 0.25) is 0 Å². The second-order valence-electron chi connectivity index (χ2n) is 3.47. The second kappa shape index (κ2) is 4.38. The number of likely N-dealkylation sites (N-methyl/N-ethyl adjacent to an activating group) is 1. The number of hydrogen-bond acceptors (Lipinski definition) is 1. The fourth-order valence-electron chi connectivity index (χ4n) is 1.40. The van der Waals surface area contributed by atoms with E-state index in [2.05, 4.69) is 12.2 Å². The van der Waals surface area contributed by atoms with Gasteiger partial charge >= 0.3 is 0 Å². The average molecular weight is 181 g/mol. The molecule has 0 bridgehead atoms. The molecule has 0 aliphatic heterocycles. The third kappa shape index (κ3) is 2.52. The zero-order valence-electron chi connectivity index (χ0n) is 8.39. The standard InChI is InChI=1S/C11H16FN/c1-8-6-10(4-5-11(8)12)9(2)7-13-3/h4-6,9,13H,7H2,1-3H3. The van der Waals surface area contributed by atoms with E-state index in [0.29, 0.717) is 5.92 Å². The minimum absolute atomic E-state index is 0.125. The van der Waals surface area contributed by atoms with Crippen molar-refractivity contribution in [3.8, 4) is 0 Å². The molecule has 1 N–H and O–H groups in total. The molecular formula is C11H16FN. The highest BCUT2D eigenvalue weighted by Gasteiger charge is 2.05. The van der Waals surface area contributed by atoms with E-state index in [4.69, 9.17) is 0 Å². The number of benzene rings is 1. The first-order valence-electron chi connectivity index (χ1n) is 4.55. The lowest BCUT2D eigenvalue weighted by Crippen LogP contribution is -2.14. The summed E-state index contributed by atoms with van der Waals surface area (Å²) in [4.78, 5) is 0. The average Bonchev–Trinajstić information content (AvgIpc) is 2.10. The Morgan fingerprint density at radius 3 is 2.69 bits per heavy atom. The van der Waals surface area contributed by atoms with Gasteiger partial charge in [0.2, 0.25) is 0 Å². The van der Waals surface area contributed by atoms with Crippen molar-refractivity contribution in [1.82, 2.24) is 5.32 Å². The van der Waals surface area contributed by atoms with E-state index in [9.17, 15) is 4.39 Å². The van der Waals surface area contributed by atoms with E-state index >= 15 is 0 Å². The van der Waals surface area contributed by atoms with Crippen LogP contribution in [0.25, 0.3) is 0 Å². The minimum atomic E-state index is -0.125. The van der Waals surface area contributed by atoms with Crippen LogP contribution in [-0.2, 0) is 0 Å². The van der Waals surface area contributed by atoms with Gasteiger partial charge in [-0.1, -0.05) is 19.1 Å². The number of rotatable bonds is 3. The van der Waals surface area contributed by atoms with Crippen LogP contribution in [0.4, 0.5) is 4.39 Å². The molecule has 0 aliphatic carbocycles. The van der Waals surface area contributed by atoms with Gasteiger partial charge in [-0.05, 0) is 37.1 Å². The monoisotopic (exact) mass is 181 g/mol. The molecule has 0 heterocycles. The molecule has 1 aromatic carbocycles. The van der Waals surface area contributed by atoms with Crippen LogP contribution in [0.3, 0.4) is 0 Å². The van der Waals surface area contributed by atoms with Crippen LogP contribution < -0.4 is 5.32 Å². The Labute approximate surface area is 79.0 Å². The van der Waals surface area contributed by atoms with E-state index in [1.54, 1.807) is 6.92 Å². The number of nitrogens with one attached hydrogen (secondary N) is 1. The maximum absolute atomic E-state index is 12.9. The highest BCUT2D eigenvalue weighted by Crippen LogP contribution is 2.17. The Bertz CT molecular complexity index is 283. The van der Waals surface area contributed by atoms with Crippen LogP contribution >= 0.6 is 0 Å². The van der Waals surface area contributed by atoms with Crippen LogP contribution in [0.5, 0.6) is 0 Å². The van der Waals surface area contributed by atoms with E-state index in [-0.39, 0.29) is 5.82 Å². The molecule has 72 valence electrons. The van der Waals surface area contributed by atoms with Crippen molar-refractivity contribution in [1.29, 1.82) is 0 Å². The molecule has 0 saturated carbocycles. The molecule has 0 aromatic heterocycles. The lowest BCUT2D eigenvalue weighted by atomic mass is 9.99. The van der Waals surface area contributed by atoms with Gasteiger partial charge in [-0.25, -0.2) is 4.39 Å². The summed E-state index contributed by atoms with van der Waals surface area (Å²) >= 11 is 0. The molecule has 2 heteroatoms. The van der Waals surface area contributed by atoms with Crippen LogP contribution in [0.15, 0.2) is 18.2 Å². The minimum Gasteiger partial charge on any atom is -0.319 e. The summed E-state index contributed by atoms with van der Waals surface area (Å²) in [6, 6.07) is 5.30. The first-order valence-corrected chi connectivity index (χ1v) is 4.55. The van der Waals surface area contributed by atoms with Gasteiger partial charge in [-0.15, -0.1) is 0 Å². The second-order valence-corrected chi connectivity index (χ2v) is 3.47. The smallest absolute Gasteiger partial charge is 0.126 e. The first-order chi connectivity index (χ1) is 6.15. The summed E-state index contributed by atoms with van der Waals surface area (Å²) in [5.41, 5.74) is 1.91. The zero-order chi connectivity index (χ0) is 9.84. The summed E-state index contributed by atoms with van der Waals surface area (Å²) in [6.45, 7) is 4.85. The molecule has 0 aliphatic rings. The Balaban J connectivity index is 2.84. The van der Waals surface area contributed by atoms with Gasteiger partial charge in [0.25, 0.3) is 0 Å². The van der Waals surface area contributed by atoms with Crippen molar-refractivity contribution in [2.24, 2.45) is 0 Å². The highest BCUT2D eigenvalue weighted by molar-refractivity contribution is 5.26. The van der Waals surface area contributed by atoms with Crippen LogP contribution in [0, 0.1) is 12.7 Å². The molecule has 0 radical (unpaired) electrons. The van der Waals surface area contributed by atoms with Crippen molar-refractivity contribution in [3.63, 3.8) is 0 Å². The molecular weight excluding hydrogens is 165 g/mol. The van der Waals surface area contributed by atoms with Gasteiger partial charge in [-0.3, -0.25) is 0 Å². The summed E-state index contributed by atoms with van der Waals surface area (Å²) in [5, 5.41) is 3.11. The van der Waals surface area contributed by atoms with E-state index in [1.807, 2.05) is 19.2 Å².